The second-order valence-corrected chi connectivity index (χ2v) is 13.3. The maximum atomic E-state index is 12.4. The van der Waals surface area contributed by atoms with Gasteiger partial charge < -0.3 is 24.7 Å². The zero-order chi connectivity index (χ0) is 21.3. The Morgan fingerprint density at radius 2 is 2.11 bits per heavy atom. The van der Waals surface area contributed by atoms with E-state index in [-0.39, 0.29) is 30.2 Å². The first-order valence-corrected chi connectivity index (χ1v) is 12.2. The van der Waals surface area contributed by atoms with Crippen molar-refractivity contribution in [3.05, 3.63) is 22.2 Å². The van der Waals surface area contributed by atoms with Crippen molar-refractivity contribution in [3.8, 4) is 0 Å². The van der Waals surface area contributed by atoms with Gasteiger partial charge in [-0.3, -0.25) is 9.36 Å². The van der Waals surface area contributed by atoms with Crippen LogP contribution in [0, 0.1) is 0 Å². The number of carbonyl (C=O) groups excluding carboxylic acids is 1. The molecule has 1 aromatic rings. The molecule has 1 aliphatic rings. The molecule has 0 unspecified atom stereocenters. The number of carbonyl (C=O) groups is 1. The van der Waals surface area contributed by atoms with E-state index in [9.17, 15) is 14.7 Å². The Labute approximate surface area is 165 Å². The molecule has 0 bridgehead atoms. The maximum Gasteiger partial charge on any atom is 0.351 e. The highest BCUT2D eigenvalue weighted by Crippen LogP contribution is 2.40. The fourth-order valence-corrected chi connectivity index (χ4v) is 4.09. The van der Waals surface area contributed by atoms with Crippen LogP contribution in [0.2, 0.25) is 18.1 Å². The fourth-order valence-electron chi connectivity index (χ4n) is 2.73. The van der Waals surface area contributed by atoms with Gasteiger partial charge in [-0.25, -0.2) is 4.79 Å². The van der Waals surface area contributed by atoms with Crippen molar-refractivity contribution < 1.29 is 23.8 Å². The predicted octanol–water partition coefficient (Wildman–Crippen LogP) is 1.56. The maximum absolute atomic E-state index is 12.4. The van der Waals surface area contributed by atoms with E-state index >= 15 is 0 Å². The molecule has 3 N–H and O–H groups in total. The minimum atomic E-state index is -2.09. The monoisotopic (exact) mass is 413 g/mol. The SMILES string of the molecule is CC(=O)OCc1cn([C@H]2C[C@H](O[Si](C)(C)C(C)(C)C)[C@@H](CO)O2)c(=O)nc1N. The standard InChI is InChI=1S/C18H31N3O6Si/c1-11(23)25-10-12-8-21(17(24)20-16(12)19)15-7-13(14(9-22)26-15)27-28(5,6)18(2,3)4/h8,13-15,22H,7,9-10H2,1-6H3,(H2,19,20,24)/t13-,14+,15+/m0/s1. The summed E-state index contributed by atoms with van der Waals surface area (Å²) in [4.78, 5) is 27.2. The highest BCUT2D eigenvalue weighted by Gasteiger charge is 2.45. The van der Waals surface area contributed by atoms with Crippen LogP contribution in [0.1, 0.15) is 45.9 Å². The highest BCUT2D eigenvalue weighted by atomic mass is 28.4. The van der Waals surface area contributed by atoms with Gasteiger partial charge in [0, 0.05) is 25.1 Å². The molecule has 9 nitrogen and oxygen atoms in total. The summed E-state index contributed by atoms with van der Waals surface area (Å²) in [6.45, 7) is 11.6. The number of hydrogen-bond acceptors (Lipinski definition) is 8. The van der Waals surface area contributed by atoms with Crippen LogP contribution >= 0.6 is 0 Å². The minimum Gasteiger partial charge on any atom is -0.461 e. The Balaban J connectivity index is 2.25. The summed E-state index contributed by atoms with van der Waals surface area (Å²) in [5.41, 5.74) is 5.61. The van der Waals surface area contributed by atoms with E-state index < -0.39 is 32.3 Å². The number of nitrogens with zero attached hydrogens (tertiary/aromatic N) is 2. The molecule has 0 radical (unpaired) electrons. The van der Waals surface area contributed by atoms with Crippen molar-refractivity contribution in [2.45, 2.75) is 77.3 Å². The second-order valence-electron chi connectivity index (χ2n) is 8.59. The van der Waals surface area contributed by atoms with Gasteiger partial charge in [0.25, 0.3) is 0 Å². The summed E-state index contributed by atoms with van der Waals surface area (Å²) in [6.07, 6.45) is 0.360. The summed E-state index contributed by atoms with van der Waals surface area (Å²) in [5, 5.41) is 9.75. The molecule has 28 heavy (non-hydrogen) atoms. The van der Waals surface area contributed by atoms with Crippen molar-refractivity contribution in [2.75, 3.05) is 12.3 Å². The molecule has 1 aromatic heterocycles. The lowest BCUT2D eigenvalue weighted by Crippen LogP contribution is -2.46. The first-order chi connectivity index (χ1) is 12.9. The summed E-state index contributed by atoms with van der Waals surface area (Å²) >= 11 is 0. The van der Waals surface area contributed by atoms with Gasteiger partial charge in [0.15, 0.2) is 8.32 Å². The van der Waals surface area contributed by atoms with Crippen molar-refractivity contribution in [3.63, 3.8) is 0 Å². The lowest BCUT2D eigenvalue weighted by molar-refractivity contribution is -0.142. The van der Waals surface area contributed by atoms with Gasteiger partial charge in [0.1, 0.15) is 24.8 Å². The number of esters is 1. The van der Waals surface area contributed by atoms with E-state index in [0.29, 0.717) is 12.0 Å². The lowest BCUT2D eigenvalue weighted by atomic mass is 10.2. The van der Waals surface area contributed by atoms with Gasteiger partial charge in [-0.15, -0.1) is 0 Å². The van der Waals surface area contributed by atoms with E-state index in [2.05, 4.69) is 38.8 Å². The Morgan fingerprint density at radius 3 is 2.64 bits per heavy atom. The van der Waals surface area contributed by atoms with E-state index in [0.717, 1.165) is 0 Å². The number of aromatic nitrogens is 2. The summed E-state index contributed by atoms with van der Waals surface area (Å²) in [7, 11) is -2.09. The molecule has 1 saturated heterocycles. The molecule has 1 fully saturated rings. The van der Waals surface area contributed by atoms with Crippen LogP contribution in [0.3, 0.4) is 0 Å². The third-order valence-corrected chi connectivity index (χ3v) is 9.92. The van der Waals surface area contributed by atoms with Gasteiger partial charge in [-0.05, 0) is 18.1 Å². The molecule has 2 heterocycles. The van der Waals surface area contributed by atoms with Crippen LogP contribution in [-0.4, -0.2) is 47.8 Å². The quantitative estimate of drug-likeness (QED) is 0.531. The van der Waals surface area contributed by atoms with Gasteiger partial charge in [0.05, 0.1) is 12.7 Å². The summed E-state index contributed by atoms with van der Waals surface area (Å²) in [5.74, 6) is -0.453. The molecule has 0 amide bonds. The van der Waals surface area contributed by atoms with Crippen molar-refractivity contribution in [1.29, 1.82) is 0 Å². The Bertz CT molecular complexity index is 774. The zero-order valence-corrected chi connectivity index (χ0v) is 18.4. The van der Waals surface area contributed by atoms with E-state index in [4.69, 9.17) is 19.6 Å². The minimum absolute atomic E-state index is 0.00187. The molecule has 0 aliphatic carbocycles. The van der Waals surface area contributed by atoms with E-state index in [1.54, 1.807) is 0 Å². The molecule has 0 saturated carbocycles. The van der Waals surface area contributed by atoms with Crippen LogP contribution in [0.25, 0.3) is 0 Å². The molecule has 0 spiro atoms. The van der Waals surface area contributed by atoms with Crippen LogP contribution in [0.4, 0.5) is 5.82 Å². The molecule has 0 aromatic carbocycles. The third-order valence-electron chi connectivity index (χ3n) is 5.41. The van der Waals surface area contributed by atoms with Gasteiger partial charge in [-0.1, -0.05) is 20.8 Å². The second kappa shape index (κ2) is 8.32. The number of hydrogen-bond donors (Lipinski definition) is 2. The molecule has 10 heteroatoms. The number of aliphatic hydroxyl groups excluding tert-OH is 1. The third kappa shape index (κ3) is 4.99. The van der Waals surface area contributed by atoms with E-state index in [1.807, 2.05) is 0 Å². The van der Waals surface area contributed by atoms with Crippen molar-refractivity contribution in [1.82, 2.24) is 9.55 Å². The zero-order valence-electron chi connectivity index (χ0n) is 17.4. The normalized spacial score (nSPS) is 23.0. The lowest BCUT2D eigenvalue weighted by Gasteiger charge is -2.39. The van der Waals surface area contributed by atoms with Crippen LogP contribution < -0.4 is 11.4 Å². The van der Waals surface area contributed by atoms with Crippen LogP contribution in [0.15, 0.2) is 11.0 Å². The van der Waals surface area contributed by atoms with Crippen LogP contribution in [0.5, 0.6) is 0 Å². The number of rotatable bonds is 6. The number of aliphatic hydroxyl groups is 1. The first-order valence-electron chi connectivity index (χ1n) is 9.30. The van der Waals surface area contributed by atoms with E-state index in [1.165, 1.54) is 17.7 Å². The summed E-state index contributed by atoms with van der Waals surface area (Å²) in [6, 6.07) is 0. The first kappa shape index (κ1) is 22.5. The summed E-state index contributed by atoms with van der Waals surface area (Å²) < 4.78 is 18.6. The Morgan fingerprint density at radius 1 is 1.46 bits per heavy atom. The average Bonchev–Trinajstić information content (AvgIpc) is 2.94. The number of anilines is 1. The molecular formula is C18H31N3O6Si. The van der Waals surface area contributed by atoms with Gasteiger partial charge >= 0.3 is 11.7 Å². The molecule has 1 aliphatic heterocycles. The fraction of sp³-hybridized carbons (Fsp3) is 0.722. The largest absolute Gasteiger partial charge is 0.461 e. The number of ether oxygens (including phenoxy) is 2. The van der Waals surface area contributed by atoms with Gasteiger partial charge in [-0.2, -0.15) is 4.98 Å². The number of nitrogens with two attached hydrogens (primary N) is 1. The predicted molar refractivity (Wildman–Crippen MR) is 106 cm³/mol. The number of nitrogen functional groups attached to an aromatic ring is 1. The molecular weight excluding hydrogens is 382 g/mol. The Kier molecular flexibility index (Phi) is 6.69. The molecule has 3 atom stereocenters. The molecule has 2 rings (SSSR count). The Hall–Kier alpha value is -1.75. The van der Waals surface area contributed by atoms with Gasteiger partial charge in [0.2, 0.25) is 0 Å². The van der Waals surface area contributed by atoms with Crippen molar-refractivity contribution in [2.24, 2.45) is 0 Å². The van der Waals surface area contributed by atoms with Crippen LogP contribution in [-0.2, 0) is 25.3 Å². The van der Waals surface area contributed by atoms with Crippen molar-refractivity contribution >= 4 is 20.1 Å². The average molecular weight is 414 g/mol. The molecule has 158 valence electrons. The smallest absolute Gasteiger partial charge is 0.351 e. The highest BCUT2D eigenvalue weighted by molar-refractivity contribution is 6.74. The topological polar surface area (TPSA) is 126 Å².